The van der Waals surface area contributed by atoms with Crippen LogP contribution in [-0.2, 0) is 0 Å². The van der Waals surface area contributed by atoms with Gasteiger partial charge in [0.1, 0.15) is 5.82 Å². The van der Waals surface area contributed by atoms with Crippen LogP contribution >= 0.6 is 15.9 Å². The molecule has 0 bridgehead atoms. The first-order chi connectivity index (χ1) is 10.1. The summed E-state index contributed by atoms with van der Waals surface area (Å²) in [5, 5.41) is 4.17. The summed E-state index contributed by atoms with van der Waals surface area (Å²) in [5.74, 6) is 1.50. The number of nitrogens with one attached hydrogen (secondary N) is 1. The minimum atomic E-state index is 0.711. The Labute approximate surface area is 131 Å². The Morgan fingerprint density at radius 3 is 2.57 bits per heavy atom. The van der Waals surface area contributed by atoms with Crippen molar-refractivity contribution in [1.82, 2.24) is 15.0 Å². The third kappa shape index (κ3) is 2.61. The molecule has 0 atom stereocenters. The van der Waals surface area contributed by atoms with Crippen molar-refractivity contribution in [3.63, 3.8) is 0 Å². The molecule has 0 radical (unpaired) electrons. The largest absolute Gasteiger partial charge is 0.372 e. The van der Waals surface area contributed by atoms with E-state index >= 15 is 0 Å². The lowest BCUT2D eigenvalue weighted by Gasteiger charge is -2.09. The summed E-state index contributed by atoms with van der Waals surface area (Å²) in [5.41, 5.74) is 3.90. The van der Waals surface area contributed by atoms with Gasteiger partial charge >= 0.3 is 0 Å². The van der Waals surface area contributed by atoms with Gasteiger partial charge in [-0.1, -0.05) is 6.07 Å². The molecule has 0 unspecified atom stereocenters. The Bertz CT molecular complexity index is 830. The number of halogens is 1. The molecule has 0 amide bonds. The van der Waals surface area contributed by atoms with Crippen LogP contribution in [0.2, 0.25) is 0 Å². The van der Waals surface area contributed by atoms with Crippen molar-refractivity contribution >= 4 is 32.7 Å². The maximum Gasteiger partial charge on any atom is 0.161 e. The lowest BCUT2D eigenvalue weighted by Crippen LogP contribution is -2.00. The second-order valence-electron chi connectivity index (χ2n) is 4.91. The fraction of sp³-hybridized carbons (Fsp3) is 0.188. The molecule has 0 saturated carbocycles. The van der Waals surface area contributed by atoms with Crippen molar-refractivity contribution in [2.24, 2.45) is 0 Å². The second-order valence-corrected chi connectivity index (χ2v) is 5.70. The maximum absolute atomic E-state index is 4.56. The van der Waals surface area contributed by atoms with E-state index in [2.05, 4.69) is 48.3 Å². The van der Waals surface area contributed by atoms with Crippen molar-refractivity contribution in [3.8, 4) is 11.4 Å². The fourth-order valence-corrected chi connectivity index (χ4v) is 2.60. The predicted molar refractivity (Wildman–Crippen MR) is 89.5 cm³/mol. The smallest absolute Gasteiger partial charge is 0.161 e. The Balaban J connectivity index is 2.16. The Morgan fingerprint density at radius 2 is 1.81 bits per heavy atom. The van der Waals surface area contributed by atoms with E-state index in [-0.39, 0.29) is 0 Å². The molecule has 5 heteroatoms. The number of aromatic nitrogens is 3. The van der Waals surface area contributed by atoms with E-state index < -0.39 is 0 Å². The topological polar surface area (TPSA) is 50.7 Å². The number of hydrogen-bond donors (Lipinski definition) is 1. The first kappa shape index (κ1) is 13.9. The van der Waals surface area contributed by atoms with Crippen molar-refractivity contribution < 1.29 is 0 Å². The van der Waals surface area contributed by atoms with Crippen molar-refractivity contribution in [3.05, 3.63) is 46.2 Å². The van der Waals surface area contributed by atoms with Crippen LogP contribution in [-0.4, -0.2) is 22.0 Å². The molecular weight excluding hydrogens is 328 g/mol. The van der Waals surface area contributed by atoms with Gasteiger partial charge in [0.25, 0.3) is 0 Å². The lowest BCUT2D eigenvalue weighted by molar-refractivity contribution is 1.09. The quantitative estimate of drug-likeness (QED) is 0.761. The SMILES string of the molecule is CNc1nc(-c2ccc3nc(C)ccc3c2)nc(C)c1Br. The van der Waals surface area contributed by atoms with Crippen LogP contribution in [0.25, 0.3) is 22.3 Å². The molecule has 1 aromatic carbocycles. The van der Waals surface area contributed by atoms with Gasteiger partial charge in [0.05, 0.1) is 15.7 Å². The zero-order valence-corrected chi connectivity index (χ0v) is 13.7. The number of nitrogens with zero attached hydrogens (tertiary/aromatic N) is 3. The van der Waals surface area contributed by atoms with Crippen molar-refractivity contribution in [1.29, 1.82) is 0 Å². The molecule has 3 aromatic rings. The highest BCUT2D eigenvalue weighted by Gasteiger charge is 2.10. The maximum atomic E-state index is 4.56. The predicted octanol–water partition coefficient (Wildman–Crippen LogP) is 4.11. The van der Waals surface area contributed by atoms with Gasteiger partial charge in [-0.25, -0.2) is 9.97 Å². The first-order valence-corrected chi connectivity index (χ1v) is 7.47. The van der Waals surface area contributed by atoms with Gasteiger partial charge in [-0.3, -0.25) is 4.98 Å². The highest BCUT2D eigenvalue weighted by atomic mass is 79.9. The van der Waals surface area contributed by atoms with E-state index in [9.17, 15) is 0 Å². The number of rotatable bonds is 2. The van der Waals surface area contributed by atoms with Crippen LogP contribution < -0.4 is 5.32 Å². The molecule has 106 valence electrons. The molecule has 2 heterocycles. The fourth-order valence-electron chi connectivity index (χ4n) is 2.22. The normalized spacial score (nSPS) is 10.9. The molecule has 2 aromatic heterocycles. The molecule has 1 N–H and O–H groups in total. The second kappa shape index (κ2) is 5.41. The molecule has 3 rings (SSSR count). The van der Waals surface area contributed by atoms with E-state index in [1.165, 1.54) is 0 Å². The molecule has 0 aliphatic carbocycles. The average Bonchev–Trinajstić information content (AvgIpc) is 2.49. The molecule has 21 heavy (non-hydrogen) atoms. The van der Waals surface area contributed by atoms with E-state index in [1.54, 1.807) is 0 Å². The lowest BCUT2D eigenvalue weighted by atomic mass is 10.1. The zero-order valence-electron chi connectivity index (χ0n) is 12.1. The number of benzene rings is 1. The van der Waals surface area contributed by atoms with Gasteiger partial charge in [0.15, 0.2) is 5.82 Å². The van der Waals surface area contributed by atoms with Crippen LogP contribution in [0.15, 0.2) is 34.8 Å². The van der Waals surface area contributed by atoms with Gasteiger partial charge in [-0.15, -0.1) is 0 Å². The molecule has 0 spiro atoms. The van der Waals surface area contributed by atoms with Gasteiger partial charge < -0.3 is 5.32 Å². The van der Waals surface area contributed by atoms with Crippen LogP contribution in [0.1, 0.15) is 11.4 Å². The molecule has 0 aliphatic rings. The third-order valence-electron chi connectivity index (χ3n) is 3.34. The molecule has 4 nitrogen and oxygen atoms in total. The minimum Gasteiger partial charge on any atom is -0.372 e. The van der Waals surface area contributed by atoms with E-state index in [4.69, 9.17) is 0 Å². The highest BCUT2D eigenvalue weighted by molar-refractivity contribution is 9.10. The van der Waals surface area contributed by atoms with Crippen molar-refractivity contribution in [2.75, 3.05) is 12.4 Å². The number of hydrogen-bond acceptors (Lipinski definition) is 4. The molecule has 0 saturated heterocycles. The van der Waals surface area contributed by atoms with E-state index in [0.717, 1.165) is 38.1 Å². The summed E-state index contributed by atoms with van der Waals surface area (Å²) in [7, 11) is 1.85. The number of pyridine rings is 1. The zero-order chi connectivity index (χ0) is 15.0. The van der Waals surface area contributed by atoms with Crippen molar-refractivity contribution in [2.45, 2.75) is 13.8 Å². The average molecular weight is 343 g/mol. The Morgan fingerprint density at radius 1 is 1.00 bits per heavy atom. The van der Waals surface area contributed by atoms with Gasteiger partial charge in [0, 0.05) is 23.7 Å². The standard InChI is InChI=1S/C16H15BrN4/c1-9-4-5-11-8-12(6-7-13(11)19-9)15-20-10(2)14(17)16(18-3)21-15/h4-8H,1-3H3,(H,18,20,21). The van der Waals surface area contributed by atoms with Gasteiger partial charge in [0.2, 0.25) is 0 Å². The Kier molecular flexibility index (Phi) is 3.59. The third-order valence-corrected chi connectivity index (χ3v) is 4.29. The Hall–Kier alpha value is -2.01. The highest BCUT2D eigenvalue weighted by Crippen LogP contribution is 2.27. The molecule has 0 fully saturated rings. The van der Waals surface area contributed by atoms with Crippen LogP contribution in [0.5, 0.6) is 0 Å². The van der Waals surface area contributed by atoms with E-state index in [1.807, 2.05) is 39.1 Å². The number of fused-ring (bicyclic) bond motifs is 1. The summed E-state index contributed by atoms with van der Waals surface area (Å²) in [4.78, 5) is 13.6. The number of anilines is 1. The summed E-state index contributed by atoms with van der Waals surface area (Å²) >= 11 is 3.50. The summed E-state index contributed by atoms with van der Waals surface area (Å²) in [6, 6.07) is 10.2. The van der Waals surface area contributed by atoms with Crippen LogP contribution in [0, 0.1) is 13.8 Å². The summed E-state index contributed by atoms with van der Waals surface area (Å²) in [6.45, 7) is 3.95. The van der Waals surface area contributed by atoms with E-state index in [0.29, 0.717) is 5.82 Å². The summed E-state index contributed by atoms with van der Waals surface area (Å²) < 4.78 is 0.895. The van der Waals surface area contributed by atoms with Crippen LogP contribution in [0.3, 0.4) is 0 Å². The summed E-state index contributed by atoms with van der Waals surface area (Å²) in [6.07, 6.45) is 0. The first-order valence-electron chi connectivity index (χ1n) is 6.68. The number of aryl methyl sites for hydroxylation is 2. The molecule has 0 aliphatic heterocycles. The van der Waals surface area contributed by atoms with Gasteiger partial charge in [-0.2, -0.15) is 0 Å². The molecular formula is C16H15BrN4. The van der Waals surface area contributed by atoms with Crippen LogP contribution in [0.4, 0.5) is 5.82 Å². The monoisotopic (exact) mass is 342 g/mol. The van der Waals surface area contributed by atoms with Gasteiger partial charge in [-0.05, 0) is 54.0 Å². The minimum absolute atomic E-state index is 0.711.